The first-order valence-electron chi connectivity index (χ1n) is 8.20. The van der Waals surface area contributed by atoms with Crippen molar-refractivity contribution in [2.75, 3.05) is 11.4 Å². The van der Waals surface area contributed by atoms with E-state index in [2.05, 4.69) is 0 Å². The summed E-state index contributed by atoms with van der Waals surface area (Å²) >= 11 is 0. The smallest absolute Gasteiger partial charge is 0.241 e. The van der Waals surface area contributed by atoms with Crippen LogP contribution in [0.4, 0.5) is 5.69 Å². The van der Waals surface area contributed by atoms with Crippen LogP contribution in [0.25, 0.3) is 0 Å². The van der Waals surface area contributed by atoms with Gasteiger partial charge in [0.2, 0.25) is 17.5 Å². The summed E-state index contributed by atoms with van der Waals surface area (Å²) in [6, 6.07) is 9.35. The Morgan fingerprint density at radius 2 is 1.65 bits per heavy atom. The Labute approximate surface area is 136 Å². The van der Waals surface area contributed by atoms with Crippen molar-refractivity contribution in [2.24, 2.45) is 16.2 Å². The largest absolute Gasteiger partial charge is 0.312 e. The second-order valence-corrected chi connectivity index (χ2v) is 7.41. The fourth-order valence-corrected chi connectivity index (χ4v) is 4.53. The van der Waals surface area contributed by atoms with Crippen LogP contribution >= 0.6 is 0 Å². The van der Waals surface area contributed by atoms with Gasteiger partial charge in [-0.05, 0) is 37.3 Å². The number of amides is 1. The van der Waals surface area contributed by atoms with E-state index in [-0.39, 0.29) is 11.7 Å². The standard InChI is InChI=1S/C19H23NO3/c1-5-20(13-9-7-6-8-10-13)16(23)19-12-11-18(4,17(19,2)3)14(21)15(19)22/h6-10H,5,11-12H2,1-4H3. The third-order valence-corrected chi connectivity index (χ3v) is 6.54. The van der Waals surface area contributed by atoms with Gasteiger partial charge in [-0.1, -0.05) is 39.0 Å². The average molecular weight is 313 g/mol. The van der Waals surface area contributed by atoms with Crippen molar-refractivity contribution >= 4 is 23.2 Å². The van der Waals surface area contributed by atoms with Crippen molar-refractivity contribution < 1.29 is 14.4 Å². The molecule has 4 heteroatoms. The van der Waals surface area contributed by atoms with Gasteiger partial charge in [0.1, 0.15) is 5.41 Å². The molecular formula is C19H23NO3. The third kappa shape index (κ3) is 1.64. The highest BCUT2D eigenvalue weighted by molar-refractivity contribution is 6.49. The Balaban J connectivity index is 2.11. The second-order valence-electron chi connectivity index (χ2n) is 7.41. The minimum absolute atomic E-state index is 0.226. The first kappa shape index (κ1) is 15.9. The molecular weight excluding hydrogens is 290 g/mol. The molecule has 2 unspecified atom stereocenters. The van der Waals surface area contributed by atoms with Gasteiger partial charge < -0.3 is 4.90 Å². The maximum absolute atomic E-state index is 13.4. The zero-order valence-corrected chi connectivity index (χ0v) is 14.2. The van der Waals surface area contributed by atoms with Crippen LogP contribution in [0.1, 0.15) is 40.5 Å². The van der Waals surface area contributed by atoms with E-state index in [1.165, 1.54) is 0 Å². The Morgan fingerprint density at radius 3 is 2.13 bits per heavy atom. The predicted molar refractivity (Wildman–Crippen MR) is 88.0 cm³/mol. The van der Waals surface area contributed by atoms with E-state index in [1.54, 1.807) is 4.90 Å². The second kappa shape index (κ2) is 4.76. The topological polar surface area (TPSA) is 54.5 Å². The van der Waals surface area contributed by atoms with Crippen LogP contribution < -0.4 is 4.90 Å². The molecule has 0 heterocycles. The fraction of sp³-hybridized carbons (Fsp3) is 0.526. The zero-order valence-electron chi connectivity index (χ0n) is 14.2. The summed E-state index contributed by atoms with van der Waals surface area (Å²) in [6.45, 7) is 8.01. The van der Waals surface area contributed by atoms with Gasteiger partial charge in [-0.15, -0.1) is 0 Å². The van der Waals surface area contributed by atoms with E-state index in [0.29, 0.717) is 19.4 Å². The number of fused-ring (bicyclic) bond motifs is 2. The molecule has 1 aromatic rings. The molecule has 2 bridgehead atoms. The van der Waals surface area contributed by atoms with Crippen LogP contribution in [-0.4, -0.2) is 24.0 Å². The van der Waals surface area contributed by atoms with E-state index in [0.717, 1.165) is 5.69 Å². The number of Topliss-reactive ketones (excluding diaryl/α,β-unsaturated/α-hetero) is 2. The molecule has 0 spiro atoms. The van der Waals surface area contributed by atoms with E-state index in [9.17, 15) is 14.4 Å². The normalized spacial score (nSPS) is 31.5. The SMILES string of the molecule is CCN(C(=O)C12CCC(C)(C(=O)C1=O)C2(C)C)c1ccccc1. The van der Waals surface area contributed by atoms with Crippen molar-refractivity contribution in [1.82, 2.24) is 0 Å². The summed E-state index contributed by atoms with van der Waals surface area (Å²) in [6.07, 6.45) is 1.06. The van der Waals surface area contributed by atoms with Crippen LogP contribution in [0.3, 0.4) is 0 Å². The summed E-state index contributed by atoms with van der Waals surface area (Å²) < 4.78 is 0. The lowest BCUT2D eigenvalue weighted by Crippen LogP contribution is -2.52. The van der Waals surface area contributed by atoms with Gasteiger partial charge >= 0.3 is 0 Å². The average Bonchev–Trinajstić information content (AvgIpc) is 2.81. The van der Waals surface area contributed by atoms with Crippen molar-refractivity contribution in [2.45, 2.75) is 40.5 Å². The van der Waals surface area contributed by atoms with Crippen molar-refractivity contribution in [1.29, 1.82) is 0 Å². The van der Waals surface area contributed by atoms with E-state index < -0.39 is 22.0 Å². The molecule has 0 N–H and O–H groups in total. The number of benzene rings is 1. The Hall–Kier alpha value is -1.97. The van der Waals surface area contributed by atoms with Crippen LogP contribution in [0.5, 0.6) is 0 Å². The summed E-state index contributed by atoms with van der Waals surface area (Å²) in [5.74, 6) is -1.09. The minimum atomic E-state index is -1.22. The molecule has 0 aromatic heterocycles. The Bertz CT molecular complexity index is 694. The molecule has 0 radical (unpaired) electrons. The highest BCUT2D eigenvalue weighted by Gasteiger charge is 2.78. The van der Waals surface area contributed by atoms with Gasteiger partial charge in [-0.25, -0.2) is 0 Å². The maximum Gasteiger partial charge on any atom is 0.241 e. The van der Waals surface area contributed by atoms with Crippen LogP contribution in [0, 0.1) is 16.2 Å². The van der Waals surface area contributed by atoms with Crippen molar-refractivity contribution in [3.05, 3.63) is 30.3 Å². The third-order valence-electron chi connectivity index (χ3n) is 6.54. The molecule has 1 amide bonds. The van der Waals surface area contributed by atoms with E-state index in [4.69, 9.17) is 0 Å². The maximum atomic E-state index is 13.4. The highest BCUT2D eigenvalue weighted by atomic mass is 16.2. The van der Waals surface area contributed by atoms with Gasteiger partial charge in [0.15, 0.2) is 0 Å². The first-order valence-corrected chi connectivity index (χ1v) is 8.20. The van der Waals surface area contributed by atoms with Crippen LogP contribution in [0.15, 0.2) is 30.3 Å². The summed E-state index contributed by atoms with van der Waals surface area (Å²) in [7, 11) is 0. The number of anilines is 1. The lowest BCUT2D eigenvalue weighted by Gasteiger charge is -2.40. The van der Waals surface area contributed by atoms with Crippen LogP contribution in [0.2, 0.25) is 0 Å². The molecule has 3 rings (SSSR count). The Kier molecular flexibility index (Phi) is 3.29. The summed E-state index contributed by atoms with van der Waals surface area (Å²) in [5, 5.41) is 0. The molecule has 0 saturated heterocycles. The number of hydrogen-bond donors (Lipinski definition) is 0. The van der Waals surface area contributed by atoms with Crippen LogP contribution in [-0.2, 0) is 14.4 Å². The fourth-order valence-electron chi connectivity index (χ4n) is 4.53. The summed E-state index contributed by atoms with van der Waals surface area (Å²) in [4.78, 5) is 40.4. The molecule has 122 valence electrons. The lowest BCUT2D eigenvalue weighted by molar-refractivity contribution is -0.148. The quantitative estimate of drug-likeness (QED) is 0.637. The Morgan fingerprint density at radius 1 is 1.04 bits per heavy atom. The molecule has 0 aliphatic heterocycles. The van der Waals surface area contributed by atoms with E-state index >= 15 is 0 Å². The van der Waals surface area contributed by atoms with Crippen molar-refractivity contribution in [3.8, 4) is 0 Å². The van der Waals surface area contributed by atoms with Gasteiger partial charge in [0.25, 0.3) is 0 Å². The monoisotopic (exact) mass is 313 g/mol. The van der Waals surface area contributed by atoms with Gasteiger partial charge in [0, 0.05) is 17.6 Å². The predicted octanol–water partition coefficient (Wildman–Crippen LogP) is 3.00. The van der Waals surface area contributed by atoms with Crippen molar-refractivity contribution in [3.63, 3.8) is 0 Å². The number of hydrogen-bond acceptors (Lipinski definition) is 3. The highest BCUT2D eigenvalue weighted by Crippen LogP contribution is 2.69. The summed E-state index contributed by atoms with van der Waals surface area (Å²) in [5.41, 5.74) is -1.83. The minimum Gasteiger partial charge on any atom is -0.312 e. The molecule has 2 atom stereocenters. The molecule has 4 nitrogen and oxygen atoms in total. The van der Waals surface area contributed by atoms with Gasteiger partial charge in [-0.3, -0.25) is 14.4 Å². The molecule has 2 fully saturated rings. The molecule has 23 heavy (non-hydrogen) atoms. The number of carbonyl (C=O) groups is 3. The number of carbonyl (C=O) groups excluding carboxylic acids is 3. The number of nitrogens with zero attached hydrogens (tertiary/aromatic N) is 1. The molecule has 2 aliphatic carbocycles. The van der Waals surface area contributed by atoms with Gasteiger partial charge in [-0.2, -0.15) is 0 Å². The lowest BCUT2D eigenvalue weighted by atomic mass is 9.64. The van der Waals surface area contributed by atoms with Gasteiger partial charge in [0.05, 0.1) is 0 Å². The number of ketones is 2. The molecule has 2 aliphatic rings. The zero-order chi connectivity index (χ0) is 17.0. The van der Waals surface area contributed by atoms with E-state index in [1.807, 2.05) is 58.0 Å². The number of para-hydroxylation sites is 1. The molecule has 2 saturated carbocycles. The number of rotatable bonds is 3. The first-order chi connectivity index (χ1) is 10.7. The molecule has 1 aromatic carbocycles.